The van der Waals surface area contributed by atoms with Crippen molar-refractivity contribution in [2.45, 2.75) is 19.0 Å². The molecule has 2 aromatic rings. The molecule has 2 amide bonds. The van der Waals surface area contributed by atoms with Crippen molar-refractivity contribution >= 4 is 23.2 Å². The van der Waals surface area contributed by atoms with Gasteiger partial charge in [-0.2, -0.15) is 13.2 Å². The van der Waals surface area contributed by atoms with Gasteiger partial charge >= 0.3 is 6.18 Å². The molecular formula is C25H29F3N4O3. The van der Waals surface area contributed by atoms with Gasteiger partial charge in [0.25, 0.3) is 11.8 Å². The average molecular weight is 491 g/mol. The summed E-state index contributed by atoms with van der Waals surface area (Å²) in [7, 11) is 0. The molecule has 2 aromatic carbocycles. The lowest BCUT2D eigenvalue weighted by molar-refractivity contribution is -0.137. The molecule has 2 fully saturated rings. The number of nitrogens with one attached hydrogen (secondary N) is 2. The number of carbonyl (C=O) groups is 2. The molecule has 2 N–H and O–H groups in total. The summed E-state index contributed by atoms with van der Waals surface area (Å²) in [6.45, 7) is 5.96. The maximum atomic E-state index is 13.1. The molecule has 0 spiro atoms. The zero-order valence-corrected chi connectivity index (χ0v) is 19.4. The second kappa shape index (κ2) is 11.1. The summed E-state index contributed by atoms with van der Waals surface area (Å²) in [4.78, 5) is 30.1. The second-order valence-electron chi connectivity index (χ2n) is 8.67. The molecule has 0 radical (unpaired) electrons. The van der Waals surface area contributed by atoms with Crippen LogP contribution in [0.4, 0.5) is 24.5 Å². The quantitative estimate of drug-likeness (QED) is 0.620. The highest BCUT2D eigenvalue weighted by Crippen LogP contribution is 2.30. The van der Waals surface area contributed by atoms with Gasteiger partial charge in [0.2, 0.25) is 0 Å². The van der Waals surface area contributed by atoms with E-state index in [-0.39, 0.29) is 11.5 Å². The van der Waals surface area contributed by atoms with Crippen molar-refractivity contribution in [3.05, 3.63) is 59.2 Å². The van der Waals surface area contributed by atoms with Gasteiger partial charge in [-0.25, -0.2) is 0 Å². The van der Waals surface area contributed by atoms with Gasteiger partial charge in [0, 0.05) is 56.2 Å². The Hall–Kier alpha value is -3.11. The lowest BCUT2D eigenvalue weighted by Gasteiger charge is -2.26. The van der Waals surface area contributed by atoms with Crippen LogP contribution in [0.15, 0.2) is 42.5 Å². The highest BCUT2D eigenvalue weighted by atomic mass is 19.4. The summed E-state index contributed by atoms with van der Waals surface area (Å²) in [6, 6.07) is 9.16. The van der Waals surface area contributed by atoms with Gasteiger partial charge in [-0.1, -0.05) is 0 Å². The molecule has 35 heavy (non-hydrogen) atoms. The molecule has 7 nitrogen and oxygen atoms in total. The number of morpholine rings is 1. The number of hydrogen-bond donors (Lipinski definition) is 2. The van der Waals surface area contributed by atoms with Crippen molar-refractivity contribution in [3.63, 3.8) is 0 Å². The van der Waals surface area contributed by atoms with E-state index in [9.17, 15) is 22.8 Å². The molecule has 0 unspecified atom stereocenters. The van der Waals surface area contributed by atoms with E-state index in [2.05, 4.69) is 20.4 Å². The van der Waals surface area contributed by atoms with Crippen LogP contribution in [0.3, 0.4) is 0 Å². The number of rotatable bonds is 7. The van der Waals surface area contributed by atoms with Gasteiger partial charge in [-0.15, -0.1) is 0 Å². The Morgan fingerprint density at radius 3 is 2.26 bits per heavy atom. The molecule has 188 valence electrons. The molecule has 0 aromatic heterocycles. The van der Waals surface area contributed by atoms with Gasteiger partial charge in [0.15, 0.2) is 0 Å². The number of carbonyl (C=O) groups excluding carboxylic acids is 2. The Morgan fingerprint density at radius 2 is 1.60 bits per heavy atom. The third-order valence-electron chi connectivity index (χ3n) is 6.24. The first kappa shape index (κ1) is 25.0. The largest absolute Gasteiger partial charge is 0.416 e. The van der Waals surface area contributed by atoms with E-state index in [1.165, 1.54) is 0 Å². The molecule has 2 aliphatic heterocycles. The molecule has 0 aliphatic carbocycles. The molecule has 2 aliphatic rings. The van der Waals surface area contributed by atoms with Crippen LogP contribution in [-0.4, -0.2) is 69.2 Å². The third-order valence-corrected chi connectivity index (χ3v) is 6.24. The minimum Gasteiger partial charge on any atom is -0.379 e. The van der Waals surface area contributed by atoms with Gasteiger partial charge in [-0.3, -0.25) is 14.5 Å². The molecule has 4 rings (SSSR count). The molecule has 2 saturated heterocycles. The van der Waals surface area contributed by atoms with Crippen molar-refractivity contribution in [1.82, 2.24) is 10.2 Å². The lowest BCUT2D eigenvalue weighted by atomic mass is 10.1. The van der Waals surface area contributed by atoms with Crippen LogP contribution < -0.4 is 15.5 Å². The van der Waals surface area contributed by atoms with Crippen molar-refractivity contribution in [2.24, 2.45) is 0 Å². The van der Waals surface area contributed by atoms with Crippen LogP contribution in [0, 0.1) is 0 Å². The summed E-state index contributed by atoms with van der Waals surface area (Å²) < 4.78 is 43.7. The summed E-state index contributed by atoms with van der Waals surface area (Å²) in [5, 5.41) is 5.67. The highest BCUT2D eigenvalue weighted by molar-refractivity contribution is 6.06. The van der Waals surface area contributed by atoms with Crippen LogP contribution in [0.1, 0.15) is 39.1 Å². The number of nitrogens with zero attached hydrogens (tertiary/aromatic N) is 2. The maximum absolute atomic E-state index is 13.1. The van der Waals surface area contributed by atoms with Gasteiger partial charge in [0.05, 0.1) is 24.3 Å². The monoisotopic (exact) mass is 490 g/mol. The van der Waals surface area contributed by atoms with Crippen LogP contribution in [0.25, 0.3) is 0 Å². The number of amides is 2. The van der Waals surface area contributed by atoms with Crippen LogP contribution in [0.2, 0.25) is 0 Å². The highest BCUT2D eigenvalue weighted by Gasteiger charge is 2.30. The summed E-state index contributed by atoms with van der Waals surface area (Å²) in [5.74, 6) is -0.780. The van der Waals surface area contributed by atoms with Crippen LogP contribution in [0.5, 0.6) is 0 Å². The SMILES string of the molecule is O=C(Nc1ccc(N2CCCC2)c(C(=O)NCCN2CCOCC2)c1)c1ccc(C(F)(F)F)cc1. The Labute approximate surface area is 202 Å². The van der Waals surface area contributed by atoms with E-state index in [0.29, 0.717) is 31.0 Å². The minimum absolute atomic E-state index is 0.0955. The van der Waals surface area contributed by atoms with Crippen molar-refractivity contribution in [3.8, 4) is 0 Å². The molecule has 10 heteroatoms. The summed E-state index contributed by atoms with van der Waals surface area (Å²) in [6.07, 6.45) is -2.38. The van der Waals surface area contributed by atoms with E-state index in [1.807, 2.05) is 6.07 Å². The van der Waals surface area contributed by atoms with Crippen molar-refractivity contribution in [1.29, 1.82) is 0 Å². The predicted molar refractivity (Wildman–Crippen MR) is 127 cm³/mol. The van der Waals surface area contributed by atoms with Gasteiger partial charge in [-0.05, 0) is 55.3 Å². The predicted octanol–water partition coefficient (Wildman–Crippen LogP) is 3.62. The molecule has 0 atom stereocenters. The first-order chi connectivity index (χ1) is 16.8. The van der Waals surface area contributed by atoms with Gasteiger partial charge < -0.3 is 20.3 Å². The van der Waals surface area contributed by atoms with Gasteiger partial charge in [0.1, 0.15) is 0 Å². The third kappa shape index (κ3) is 6.52. The van der Waals surface area contributed by atoms with Crippen molar-refractivity contribution in [2.75, 3.05) is 62.7 Å². The topological polar surface area (TPSA) is 73.9 Å². The number of alkyl halides is 3. The molecule has 0 saturated carbocycles. The number of hydrogen-bond acceptors (Lipinski definition) is 5. The minimum atomic E-state index is -4.47. The summed E-state index contributed by atoms with van der Waals surface area (Å²) in [5.41, 5.74) is 0.937. The Kier molecular flexibility index (Phi) is 7.92. The molecular weight excluding hydrogens is 461 g/mol. The van der Waals surface area contributed by atoms with E-state index in [0.717, 1.165) is 75.5 Å². The van der Waals surface area contributed by atoms with Crippen molar-refractivity contribution < 1.29 is 27.5 Å². The summed E-state index contributed by atoms with van der Waals surface area (Å²) >= 11 is 0. The lowest BCUT2D eigenvalue weighted by Crippen LogP contribution is -2.41. The fourth-order valence-corrected chi connectivity index (χ4v) is 4.29. The number of ether oxygens (including phenoxy) is 1. The normalized spacial score (nSPS) is 16.8. The Balaban J connectivity index is 1.46. The smallest absolute Gasteiger partial charge is 0.379 e. The average Bonchev–Trinajstić information content (AvgIpc) is 3.39. The van der Waals surface area contributed by atoms with E-state index >= 15 is 0 Å². The fourth-order valence-electron chi connectivity index (χ4n) is 4.29. The first-order valence-corrected chi connectivity index (χ1v) is 11.8. The first-order valence-electron chi connectivity index (χ1n) is 11.8. The zero-order chi connectivity index (χ0) is 24.8. The number of anilines is 2. The van der Waals surface area contributed by atoms with Crippen LogP contribution >= 0.6 is 0 Å². The zero-order valence-electron chi connectivity index (χ0n) is 19.4. The van der Waals surface area contributed by atoms with E-state index in [4.69, 9.17) is 4.74 Å². The van der Waals surface area contributed by atoms with Crippen LogP contribution in [-0.2, 0) is 10.9 Å². The number of halogens is 3. The standard InChI is InChI=1S/C25H29F3N4O3/c26-25(27,28)19-5-3-18(4-6-19)23(33)30-20-7-8-22(32-10-1-2-11-32)21(17-20)24(34)29-9-12-31-13-15-35-16-14-31/h3-8,17H,1-2,9-16H2,(H,29,34)(H,30,33). The van der Waals surface area contributed by atoms with E-state index in [1.54, 1.807) is 12.1 Å². The fraction of sp³-hybridized carbons (Fsp3) is 0.440. The molecule has 0 bridgehead atoms. The maximum Gasteiger partial charge on any atom is 0.416 e. The Bertz CT molecular complexity index is 1030. The number of benzene rings is 2. The molecule has 2 heterocycles. The van der Waals surface area contributed by atoms with E-state index < -0.39 is 17.6 Å². The Morgan fingerprint density at radius 1 is 0.914 bits per heavy atom. The second-order valence-corrected chi connectivity index (χ2v) is 8.67.